The van der Waals surface area contributed by atoms with Crippen molar-refractivity contribution in [3.8, 4) is 0 Å². The molecule has 0 aromatic carbocycles. The normalized spacial score (nSPS) is 38.0. The van der Waals surface area contributed by atoms with Gasteiger partial charge in [0.1, 0.15) is 18.2 Å². The van der Waals surface area contributed by atoms with Crippen LogP contribution in [0, 0.1) is 39.9 Å². The number of Topliss-reactive ketones (excluding diaryl/α,β-unsaturated/α-hetero) is 2. The van der Waals surface area contributed by atoms with Crippen molar-refractivity contribution in [1.29, 1.82) is 0 Å². The molecule has 0 saturated heterocycles. The first kappa shape index (κ1) is 28.0. The average molecular weight is 505 g/mol. The molecule has 0 bridgehead atoms. The molecule has 0 radical (unpaired) electrons. The van der Waals surface area contributed by atoms with E-state index >= 15 is 0 Å². The summed E-state index contributed by atoms with van der Waals surface area (Å²) in [6.45, 7) is 9.72. The maximum Gasteiger partial charge on any atom is 0.328 e. The Kier molecular flexibility index (Phi) is 8.13. The molecule has 6 atom stereocenters. The van der Waals surface area contributed by atoms with Crippen LogP contribution in [0.5, 0.6) is 0 Å². The number of aliphatic carboxylic acids is 2. The molecule has 0 aliphatic heterocycles. The summed E-state index contributed by atoms with van der Waals surface area (Å²) in [7, 11) is 0. The fourth-order valence-corrected chi connectivity index (χ4v) is 8.01. The van der Waals surface area contributed by atoms with Crippen LogP contribution in [0.15, 0.2) is 17.3 Å². The van der Waals surface area contributed by atoms with Crippen molar-refractivity contribution in [1.82, 2.24) is 0 Å². The van der Waals surface area contributed by atoms with Gasteiger partial charge in [0.25, 0.3) is 0 Å². The molecular formula is C27H40N2O7. The topological polar surface area (TPSA) is 156 Å². The summed E-state index contributed by atoms with van der Waals surface area (Å²) in [5.41, 5.74) is 6.04. The number of nitrogens with two attached hydrogens (primary N) is 1. The molecule has 4 N–H and O–H groups in total. The summed E-state index contributed by atoms with van der Waals surface area (Å²) >= 11 is 0. The third-order valence-electron chi connectivity index (χ3n) is 9.53. The number of fused-ring (bicyclic) bond motifs is 5. The van der Waals surface area contributed by atoms with Crippen LogP contribution in [-0.4, -0.2) is 52.6 Å². The van der Waals surface area contributed by atoms with Crippen molar-refractivity contribution in [2.75, 3.05) is 13.2 Å². The van der Waals surface area contributed by atoms with Crippen molar-refractivity contribution in [3.05, 3.63) is 12.2 Å². The minimum atomic E-state index is -1.26. The third-order valence-corrected chi connectivity index (χ3v) is 9.53. The SMILES string of the molecule is CC1(C)/C(=N/OCCN)CC[C@@]2(C)C1C(=O)C[C@@H]1[C@@H]2CC[C@]2(C)C(=O)CC[C@@H]12.O=C(O)/C=C/C(=O)O. The standard InChI is InChI=1S/C23H36N2O3.C4H4O4/c1-21(2)18(25-28-12-11-24)8-10-23(4)16-7-9-22(3)15(5-6-19(22)27)14(16)13-17(26)20(21)23;5-3(6)1-2-4(7)8/h14-16,20H,5-13,24H2,1-4H3;1-2H,(H,5,6)(H,7,8)/b25-18+;2-1+/t14-,15-,16-,20?,22-,23+;/m0./s1. The largest absolute Gasteiger partial charge is 0.478 e. The highest BCUT2D eigenvalue weighted by molar-refractivity contribution is 5.97. The summed E-state index contributed by atoms with van der Waals surface area (Å²) in [6, 6.07) is 0. The number of ketones is 2. The van der Waals surface area contributed by atoms with Gasteiger partial charge in [-0.05, 0) is 55.3 Å². The zero-order valence-electron chi connectivity index (χ0n) is 21.8. The van der Waals surface area contributed by atoms with E-state index in [2.05, 4.69) is 32.9 Å². The zero-order chi connectivity index (χ0) is 26.9. The predicted molar refractivity (Wildman–Crippen MR) is 133 cm³/mol. The van der Waals surface area contributed by atoms with Gasteiger partial charge in [0.05, 0.1) is 5.71 Å². The van der Waals surface area contributed by atoms with E-state index in [1.54, 1.807) is 0 Å². The Morgan fingerprint density at radius 2 is 1.67 bits per heavy atom. The highest BCUT2D eigenvalue weighted by Gasteiger charge is 2.65. The van der Waals surface area contributed by atoms with E-state index < -0.39 is 11.9 Å². The Bertz CT molecular complexity index is 955. The molecule has 200 valence electrons. The molecule has 4 rings (SSSR count). The van der Waals surface area contributed by atoms with E-state index in [1.807, 2.05) is 0 Å². The molecule has 4 aliphatic carbocycles. The maximum atomic E-state index is 13.6. The van der Waals surface area contributed by atoms with E-state index in [9.17, 15) is 19.2 Å². The van der Waals surface area contributed by atoms with Crippen molar-refractivity contribution < 1.29 is 34.2 Å². The third kappa shape index (κ3) is 4.99. The summed E-state index contributed by atoms with van der Waals surface area (Å²) < 4.78 is 0. The second-order valence-corrected chi connectivity index (χ2v) is 11.8. The Labute approximate surface area is 212 Å². The average Bonchev–Trinajstić information content (AvgIpc) is 3.09. The molecule has 1 unspecified atom stereocenters. The number of rotatable bonds is 5. The van der Waals surface area contributed by atoms with Crippen molar-refractivity contribution in [3.63, 3.8) is 0 Å². The lowest BCUT2D eigenvalue weighted by atomic mass is 9.41. The number of hydrogen-bond donors (Lipinski definition) is 3. The highest BCUT2D eigenvalue weighted by Crippen LogP contribution is 2.66. The predicted octanol–water partition coefficient (Wildman–Crippen LogP) is 3.46. The van der Waals surface area contributed by atoms with Crippen molar-refractivity contribution in [2.24, 2.45) is 50.8 Å². The number of carboxylic acid groups (broad SMARTS) is 2. The van der Waals surface area contributed by atoms with E-state index in [0.29, 0.717) is 67.5 Å². The van der Waals surface area contributed by atoms with E-state index in [1.165, 1.54) is 0 Å². The molecule has 0 heterocycles. The molecule has 9 heteroatoms. The van der Waals surface area contributed by atoms with Gasteiger partial charge in [-0.1, -0.05) is 32.9 Å². The molecule has 4 fully saturated rings. The van der Waals surface area contributed by atoms with Crippen molar-refractivity contribution in [2.45, 2.75) is 72.6 Å². The molecular weight excluding hydrogens is 464 g/mol. The summed E-state index contributed by atoms with van der Waals surface area (Å²) in [5, 5.41) is 20.0. The lowest BCUT2D eigenvalue weighted by Crippen LogP contribution is -2.61. The number of carbonyl (C=O) groups excluding carboxylic acids is 2. The summed E-state index contributed by atoms with van der Waals surface area (Å²) in [5.74, 6) is -0.413. The summed E-state index contributed by atoms with van der Waals surface area (Å²) in [6.07, 6.45) is 7.37. The molecule has 0 aromatic rings. The maximum absolute atomic E-state index is 13.6. The number of oxime groups is 1. The molecule has 4 aliphatic rings. The van der Waals surface area contributed by atoms with Gasteiger partial charge in [-0.25, -0.2) is 9.59 Å². The van der Waals surface area contributed by atoms with Gasteiger partial charge in [-0.3, -0.25) is 9.59 Å². The first-order valence-electron chi connectivity index (χ1n) is 12.9. The number of hydrogen-bond acceptors (Lipinski definition) is 7. The Morgan fingerprint density at radius 1 is 1.03 bits per heavy atom. The Hall–Kier alpha value is -2.55. The van der Waals surface area contributed by atoms with Crippen LogP contribution in [0.25, 0.3) is 0 Å². The van der Waals surface area contributed by atoms with Crippen LogP contribution in [0.1, 0.15) is 72.6 Å². The van der Waals surface area contributed by atoms with Gasteiger partial charge in [0.2, 0.25) is 0 Å². The smallest absolute Gasteiger partial charge is 0.328 e. The Morgan fingerprint density at radius 3 is 2.25 bits per heavy atom. The van der Waals surface area contributed by atoms with Crippen molar-refractivity contribution >= 4 is 29.2 Å². The number of nitrogens with zero attached hydrogens (tertiary/aromatic N) is 1. The van der Waals surface area contributed by atoms with Crippen LogP contribution in [-0.2, 0) is 24.0 Å². The lowest BCUT2D eigenvalue weighted by Gasteiger charge is -2.62. The van der Waals surface area contributed by atoms with E-state index in [-0.39, 0.29) is 22.2 Å². The number of carboxylic acids is 2. The molecule has 9 nitrogen and oxygen atoms in total. The minimum Gasteiger partial charge on any atom is -0.478 e. The highest BCUT2D eigenvalue weighted by atomic mass is 16.6. The molecule has 0 amide bonds. The van der Waals surface area contributed by atoms with Gasteiger partial charge >= 0.3 is 11.9 Å². The van der Waals surface area contributed by atoms with Crippen LogP contribution >= 0.6 is 0 Å². The fourth-order valence-electron chi connectivity index (χ4n) is 8.01. The number of carbonyl (C=O) groups is 4. The summed E-state index contributed by atoms with van der Waals surface area (Å²) in [4.78, 5) is 50.7. The van der Waals surface area contributed by atoms with Crippen LogP contribution in [0.3, 0.4) is 0 Å². The zero-order valence-corrected chi connectivity index (χ0v) is 21.8. The first-order chi connectivity index (χ1) is 16.8. The van der Waals surface area contributed by atoms with Crippen LogP contribution in [0.2, 0.25) is 0 Å². The fraction of sp³-hybridized carbons (Fsp3) is 0.741. The molecule has 4 saturated carbocycles. The van der Waals surface area contributed by atoms with Gasteiger partial charge < -0.3 is 20.8 Å². The molecule has 0 aromatic heterocycles. The van der Waals surface area contributed by atoms with E-state index in [4.69, 9.17) is 20.8 Å². The van der Waals surface area contributed by atoms with Gasteiger partial charge in [0.15, 0.2) is 0 Å². The Balaban J connectivity index is 0.000000392. The van der Waals surface area contributed by atoms with Gasteiger partial charge in [0, 0.05) is 48.3 Å². The van der Waals surface area contributed by atoms with Crippen LogP contribution < -0.4 is 5.73 Å². The monoisotopic (exact) mass is 504 g/mol. The first-order valence-corrected chi connectivity index (χ1v) is 12.9. The minimum absolute atomic E-state index is 0.0106. The second kappa shape index (κ2) is 10.4. The molecule has 36 heavy (non-hydrogen) atoms. The molecule has 0 spiro atoms. The van der Waals surface area contributed by atoms with Crippen LogP contribution in [0.4, 0.5) is 0 Å². The van der Waals surface area contributed by atoms with E-state index in [0.717, 1.165) is 37.8 Å². The quantitative estimate of drug-likeness (QED) is 0.292. The van der Waals surface area contributed by atoms with Gasteiger partial charge in [-0.15, -0.1) is 0 Å². The second-order valence-electron chi connectivity index (χ2n) is 11.8. The van der Waals surface area contributed by atoms with Gasteiger partial charge in [-0.2, -0.15) is 0 Å². The lowest BCUT2D eigenvalue weighted by molar-refractivity contribution is -0.160.